The largest absolute Gasteiger partial charge is 0.478 e. The molecule has 5 heteroatoms. The van der Waals surface area contributed by atoms with Crippen molar-refractivity contribution in [3.63, 3.8) is 0 Å². The van der Waals surface area contributed by atoms with Crippen molar-refractivity contribution in [2.75, 3.05) is 0 Å². The summed E-state index contributed by atoms with van der Waals surface area (Å²) in [5.74, 6) is -1.95. The third kappa shape index (κ3) is 3.75. The molecule has 22 heavy (non-hydrogen) atoms. The monoisotopic (exact) mass is 302 g/mol. The van der Waals surface area contributed by atoms with E-state index in [4.69, 9.17) is 9.47 Å². The molecule has 2 rings (SSSR count). The molecule has 0 spiro atoms. The van der Waals surface area contributed by atoms with Gasteiger partial charge in [0.25, 0.3) is 6.10 Å². The Hall–Kier alpha value is -2.56. The Balaban J connectivity index is 2.18. The van der Waals surface area contributed by atoms with Gasteiger partial charge in [-0.1, -0.05) is 37.3 Å². The zero-order valence-corrected chi connectivity index (χ0v) is 12.5. The zero-order chi connectivity index (χ0) is 16.1. The van der Waals surface area contributed by atoms with E-state index < -0.39 is 18.0 Å². The molecule has 0 fully saturated rings. The van der Waals surface area contributed by atoms with E-state index >= 15 is 0 Å². The Kier molecular flexibility index (Phi) is 4.99. The highest BCUT2D eigenvalue weighted by Crippen LogP contribution is 2.22. The van der Waals surface area contributed by atoms with E-state index in [9.17, 15) is 14.7 Å². The van der Waals surface area contributed by atoms with Crippen LogP contribution in [0.15, 0.2) is 42.5 Å². The maximum atomic E-state index is 11.9. The smallest absolute Gasteiger partial charge is 0.359 e. The summed E-state index contributed by atoms with van der Waals surface area (Å²) >= 11 is 0. The van der Waals surface area contributed by atoms with Gasteiger partial charge in [0, 0.05) is 0 Å². The normalized spacial score (nSPS) is 13.4. The second kappa shape index (κ2) is 6.93. The molecule has 0 amide bonds. The molecule has 5 nitrogen and oxygen atoms in total. The van der Waals surface area contributed by atoms with Crippen LogP contribution in [0.1, 0.15) is 20.3 Å². The van der Waals surface area contributed by atoms with Gasteiger partial charge in [0.05, 0.1) is 6.10 Å². The highest BCUT2D eigenvalue weighted by atomic mass is 16.6. The molecule has 0 bridgehead atoms. The minimum absolute atomic E-state index is 0.312. The molecule has 0 aromatic heterocycles. The van der Waals surface area contributed by atoms with Crippen molar-refractivity contribution in [2.45, 2.75) is 32.5 Å². The number of carbonyl (C=O) groups is 2. The van der Waals surface area contributed by atoms with Crippen LogP contribution in [0.25, 0.3) is 10.8 Å². The number of carboxylic acid groups (broad SMARTS) is 1. The number of rotatable bonds is 6. The fourth-order valence-electron chi connectivity index (χ4n) is 1.92. The molecule has 0 aliphatic heterocycles. The molecule has 0 saturated carbocycles. The van der Waals surface area contributed by atoms with Gasteiger partial charge in [-0.05, 0) is 36.2 Å². The van der Waals surface area contributed by atoms with Crippen LogP contribution < -0.4 is 4.74 Å². The fourth-order valence-corrected chi connectivity index (χ4v) is 1.92. The summed E-state index contributed by atoms with van der Waals surface area (Å²) in [5, 5.41) is 11.1. The SMILES string of the molecule is CCC(C)OC(=O)C(Oc1ccc2ccccc2c1)C(=O)O. The Morgan fingerprint density at radius 2 is 1.82 bits per heavy atom. The summed E-state index contributed by atoms with van der Waals surface area (Å²) in [6.07, 6.45) is -1.42. The molecule has 0 saturated heterocycles. The maximum Gasteiger partial charge on any atom is 0.359 e. The lowest BCUT2D eigenvalue weighted by molar-refractivity contribution is -0.166. The van der Waals surface area contributed by atoms with E-state index in [1.54, 1.807) is 19.1 Å². The molecular weight excluding hydrogens is 284 g/mol. The van der Waals surface area contributed by atoms with Crippen molar-refractivity contribution in [1.29, 1.82) is 0 Å². The van der Waals surface area contributed by atoms with Crippen LogP contribution in [-0.2, 0) is 14.3 Å². The van der Waals surface area contributed by atoms with Crippen LogP contribution in [-0.4, -0.2) is 29.3 Å². The average molecular weight is 302 g/mol. The van der Waals surface area contributed by atoms with Gasteiger partial charge in [0.2, 0.25) is 0 Å². The van der Waals surface area contributed by atoms with Crippen LogP contribution in [0, 0.1) is 0 Å². The second-order valence-electron chi connectivity index (χ2n) is 5.00. The van der Waals surface area contributed by atoms with E-state index in [2.05, 4.69) is 0 Å². The van der Waals surface area contributed by atoms with Crippen molar-refractivity contribution in [3.05, 3.63) is 42.5 Å². The Bertz CT molecular complexity index is 680. The van der Waals surface area contributed by atoms with Gasteiger partial charge in [-0.2, -0.15) is 0 Å². The summed E-state index contributed by atoms with van der Waals surface area (Å²) < 4.78 is 10.4. The number of carboxylic acids is 1. The second-order valence-corrected chi connectivity index (χ2v) is 5.00. The fraction of sp³-hybridized carbons (Fsp3) is 0.294. The first kappa shape index (κ1) is 15.8. The molecule has 1 N–H and O–H groups in total. The summed E-state index contributed by atoms with van der Waals surface area (Å²) in [4.78, 5) is 23.1. The molecule has 0 heterocycles. The predicted octanol–water partition coefficient (Wildman–Crippen LogP) is 3.01. The molecule has 0 aliphatic rings. The minimum atomic E-state index is -1.67. The Morgan fingerprint density at radius 1 is 1.14 bits per heavy atom. The number of esters is 1. The number of aliphatic carboxylic acids is 1. The third-order valence-electron chi connectivity index (χ3n) is 3.31. The summed E-state index contributed by atoms with van der Waals surface area (Å²) in [6.45, 7) is 3.55. The van der Waals surface area contributed by atoms with Crippen LogP contribution in [0.5, 0.6) is 5.75 Å². The standard InChI is InChI=1S/C17H18O5/c1-3-11(2)21-17(20)15(16(18)19)22-14-9-8-12-6-4-5-7-13(12)10-14/h4-11,15H,3H2,1-2H3,(H,18,19). The van der Waals surface area contributed by atoms with E-state index in [-0.39, 0.29) is 6.10 Å². The van der Waals surface area contributed by atoms with Gasteiger partial charge in [0.15, 0.2) is 0 Å². The van der Waals surface area contributed by atoms with E-state index in [1.807, 2.05) is 37.3 Å². The van der Waals surface area contributed by atoms with Crippen LogP contribution >= 0.6 is 0 Å². The van der Waals surface area contributed by atoms with Crippen LogP contribution in [0.4, 0.5) is 0 Å². The van der Waals surface area contributed by atoms with Gasteiger partial charge in [0.1, 0.15) is 5.75 Å². The van der Waals surface area contributed by atoms with E-state index in [1.165, 1.54) is 0 Å². The first-order valence-electron chi connectivity index (χ1n) is 7.10. The van der Waals surface area contributed by atoms with Gasteiger partial charge < -0.3 is 14.6 Å². The first-order valence-corrected chi connectivity index (χ1v) is 7.10. The number of fused-ring (bicyclic) bond motifs is 1. The third-order valence-corrected chi connectivity index (χ3v) is 3.31. The summed E-state index contributed by atoms with van der Waals surface area (Å²) in [7, 11) is 0. The lowest BCUT2D eigenvalue weighted by Crippen LogP contribution is -2.38. The first-order chi connectivity index (χ1) is 10.5. The van der Waals surface area contributed by atoms with Gasteiger partial charge in [-0.3, -0.25) is 0 Å². The number of hydrogen-bond donors (Lipinski definition) is 1. The maximum absolute atomic E-state index is 11.9. The van der Waals surface area contributed by atoms with Crippen molar-refractivity contribution >= 4 is 22.7 Å². The molecule has 2 aromatic rings. The van der Waals surface area contributed by atoms with Crippen molar-refractivity contribution in [2.24, 2.45) is 0 Å². The Morgan fingerprint density at radius 3 is 2.45 bits per heavy atom. The molecule has 2 aromatic carbocycles. The topological polar surface area (TPSA) is 72.8 Å². The summed E-state index contributed by atoms with van der Waals surface area (Å²) in [6, 6.07) is 12.7. The van der Waals surface area contributed by atoms with Gasteiger partial charge >= 0.3 is 11.9 Å². The van der Waals surface area contributed by atoms with Crippen molar-refractivity contribution < 1.29 is 24.2 Å². The number of benzene rings is 2. The molecule has 2 unspecified atom stereocenters. The molecule has 116 valence electrons. The minimum Gasteiger partial charge on any atom is -0.478 e. The van der Waals surface area contributed by atoms with E-state index in [0.717, 1.165) is 10.8 Å². The summed E-state index contributed by atoms with van der Waals surface area (Å²) in [5.41, 5.74) is 0. The average Bonchev–Trinajstić information content (AvgIpc) is 2.51. The van der Waals surface area contributed by atoms with Crippen LogP contribution in [0.3, 0.4) is 0 Å². The lowest BCUT2D eigenvalue weighted by Gasteiger charge is -2.17. The molecule has 2 atom stereocenters. The van der Waals surface area contributed by atoms with Crippen LogP contribution in [0.2, 0.25) is 0 Å². The Labute approximate surface area is 128 Å². The van der Waals surface area contributed by atoms with E-state index in [0.29, 0.717) is 12.2 Å². The molecule has 0 radical (unpaired) electrons. The molecular formula is C17H18O5. The quantitative estimate of drug-likeness (QED) is 0.656. The number of ether oxygens (including phenoxy) is 2. The highest BCUT2D eigenvalue weighted by Gasteiger charge is 2.31. The molecule has 0 aliphatic carbocycles. The lowest BCUT2D eigenvalue weighted by atomic mass is 10.1. The highest BCUT2D eigenvalue weighted by molar-refractivity contribution is 5.97. The number of carbonyl (C=O) groups excluding carboxylic acids is 1. The number of hydrogen-bond acceptors (Lipinski definition) is 4. The predicted molar refractivity (Wildman–Crippen MR) is 81.8 cm³/mol. The zero-order valence-electron chi connectivity index (χ0n) is 12.5. The van der Waals surface area contributed by atoms with Crippen molar-refractivity contribution in [3.8, 4) is 5.75 Å². The van der Waals surface area contributed by atoms with Gasteiger partial charge in [-0.15, -0.1) is 0 Å². The van der Waals surface area contributed by atoms with Gasteiger partial charge in [-0.25, -0.2) is 9.59 Å². The van der Waals surface area contributed by atoms with Crippen molar-refractivity contribution in [1.82, 2.24) is 0 Å².